The Morgan fingerprint density at radius 3 is 1.77 bits per heavy atom. The largest absolute Gasteiger partial charge is 1.00 e. The van der Waals surface area contributed by atoms with Crippen LogP contribution >= 0.6 is 0 Å². The molecule has 12 heteroatoms. The number of benzene rings is 2. The van der Waals surface area contributed by atoms with E-state index in [1.807, 2.05) is 0 Å². The van der Waals surface area contributed by atoms with Crippen LogP contribution in [0.1, 0.15) is 0 Å². The van der Waals surface area contributed by atoms with E-state index in [-0.39, 0.29) is 105 Å². The standard InChI is InChI=1S/C10H8O7S2.3Na/c11-7-2-1-6-3-8(18(12,13)14)5-10(9(6)4-7)19(15,16)17;;;/h1-5,11H,(H,12,13,14)(H,15,16,17);;;/q;3*+1. The Kier molecular flexibility index (Phi) is 10.6. The van der Waals surface area contributed by atoms with Gasteiger partial charge in [-0.05, 0) is 29.7 Å². The van der Waals surface area contributed by atoms with Gasteiger partial charge in [0.1, 0.15) is 10.6 Å². The van der Waals surface area contributed by atoms with Crippen LogP contribution in [0.5, 0.6) is 5.75 Å². The van der Waals surface area contributed by atoms with E-state index in [0.29, 0.717) is 6.07 Å². The second-order valence-corrected chi connectivity index (χ2v) is 6.59. The second-order valence-electron chi connectivity index (χ2n) is 3.78. The first kappa shape index (κ1) is 25.6. The van der Waals surface area contributed by atoms with Gasteiger partial charge in [0.15, 0.2) is 0 Å². The van der Waals surface area contributed by atoms with E-state index in [1.54, 1.807) is 0 Å². The number of phenols is 1. The van der Waals surface area contributed by atoms with Gasteiger partial charge in [0, 0.05) is 5.39 Å². The third-order valence-electron chi connectivity index (χ3n) is 2.45. The summed E-state index contributed by atoms with van der Waals surface area (Å²) < 4.78 is 62.6. The summed E-state index contributed by atoms with van der Waals surface area (Å²) >= 11 is 0. The van der Waals surface area contributed by atoms with Crippen LogP contribution < -0.4 is 88.7 Å². The molecule has 2 rings (SSSR count). The molecule has 0 aromatic heterocycles. The van der Waals surface area contributed by atoms with Crippen LogP contribution in [0, 0.1) is 0 Å². The van der Waals surface area contributed by atoms with Gasteiger partial charge in [-0.2, -0.15) is 16.8 Å². The zero-order valence-electron chi connectivity index (χ0n) is 12.2. The van der Waals surface area contributed by atoms with Crippen molar-refractivity contribution < 1.29 is 120 Å². The Balaban J connectivity index is 0. The molecular formula is C10H8Na3O7S2+3. The van der Waals surface area contributed by atoms with E-state index in [9.17, 15) is 21.9 Å². The fraction of sp³-hybridized carbons (Fsp3) is 0. The van der Waals surface area contributed by atoms with E-state index in [0.717, 1.165) is 12.1 Å². The molecule has 0 heterocycles. The Hall–Kier alpha value is 1.32. The van der Waals surface area contributed by atoms with Crippen molar-refractivity contribution in [2.75, 3.05) is 0 Å². The van der Waals surface area contributed by atoms with Crippen LogP contribution in [-0.2, 0) is 20.2 Å². The molecule has 0 aliphatic heterocycles. The van der Waals surface area contributed by atoms with E-state index in [1.165, 1.54) is 12.1 Å². The summed E-state index contributed by atoms with van der Waals surface area (Å²) in [4.78, 5) is -1.38. The van der Waals surface area contributed by atoms with Gasteiger partial charge >= 0.3 is 88.7 Å². The van der Waals surface area contributed by atoms with Gasteiger partial charge in [-0.15, -0.1) is 0 Å². The molecule has 102 valence electrons. The van der Waals surface area contributed by atoms with Crippen molar-refractivity contribution in [1.29, 1.82) is 0 Å². The van der Waals surface area contributed by atoms with Crippen molar-refractivity contribution in [1.82, 2.24) is 0 Å². The molecule has 0 amide bonds. The average Bonchev–Trinajstić information content (AvgIpc) is 2.24. The molecule has 2 aromatic rings. The summed E-state index contributed by atoms with van der Waals surface area (Å²) in [6.45, 7) is 0. The molecular weight excluding hydrogens is 365 g/mol. The van der Waals surface area contributed by atoms with E-state index in [2.05, 4.69) is 0 Å². The molecule has 2 aromatic carbocycles. The van der Waals surface area contributed by atoms with Crippen LogP contribution in [0.3, 0.4) is 0 Å². The maximum atomic E-state index is 11.2. The Bertz CT molecular complexity index is 879. The number of rotatable bonds is 2. The minimum atomic E-state index is -4.72. The molecule has 0 fully saturated rings. The molecule has 0 spiro atoms. The normalized spacial score (nSPS) is 11.0. The van der Waals surface area contributed by atoms with Gasteiger partial charge in [-0.1, -0.05) is 6.07 Å². The third kappa shape index (κ3) is 5.99. The molecule has 0 unspecified atom stereocenters. The van der Waals surface area contributed by atoms with Gasteiger partial charge in [0.05, 0.1) is 4.90 Å². The van der Waals surface area contributed by atoms with Gasteiger partial charge in [0.2, 0.25) is 0 Å². The van der Waals surface area contributed by atoms with Gasteiger partial charge in [0.25, 0.3) is 20.2 Å². The zero-order valence-corrected chi connectivity index (χ0v) is 19.8. The van der Waals surface area contributed by atoms with Crippen molar-refractivity contribution in [3.63, 3.8) is 0 Å². The maximum absolute atomic E-state index is 11.2. The number of hydrogen-bond donors (Lipinski definition) is 3. The molecule has 7 nitrogen and oxygen atoms in total. The van der Waals surface area contributed by atoms with Crippen LogP contribution in [0.15, 0.2) is 40.1 Å². The number of hydrogen-bond acceptors (Lipinski definition) is 5. The van der Waals surface area contributed by atoms with Crippen molar-refractivity contribution in [3.8, 4) is 5.75 Å². The Morgan fingerprint density at radius 1 is 0.773 bits per heavy atom. The van der Waals surface area contributed by atoms with E-state index < -0.39 is 30.0 Å². The van der Waals surface area contributed by atoms with Crippen LogP contribution in [0.2, 0.25) is 0 Å². The maximum Gasteiger partial charge on any atom is 1.00 e. The smallest absolute Gasteiger partial charge is 0.508 e. The molecule has 0 aliphatic carbocycles. The van der Waals surface area contributed by atoms with E-state index in [4.69, 9.17) is 9.11 Å². The monoisotopic (exact) mass is 373 g/mol. The van der Waals surface area contributed by atoms with Crippen molar-refractivity contribution >= 4 is 31.0 Å². The molecule has 3 N–H and O–H groups in total. The molecule has 0 saturated carbocycles. The number of aromatic hydroxyl groups is 1. The van der Waals surface area contributed by atoms with Gasteiger partial charge in [-0.3, -0.25) is 9.11 Å². The summed E-state index contributed by atoms with van der Waals surface area (Å²) in [6, 6.07) is 5.18. The van der Waals surface area contributed by atoms with Gasteiger partial charge < -0.3 is 5.11 Å². The summed E-state index contributed by atoms with van der Waals surface area (Å²) in [6.07, 6.45) is 0. The summed E-state index contributed by atoms with van der Waals surface area (Å²) in [7, 11) is -9.34. The predicted molar refractivity (Wildman–Crippen MR) is 65.2 cm³/mol. The first-order valence-corrected chi connectivity index (χ1v) is 7.69. The van der Waals surface area contributed by atoms with Crippen LogP contribution in [-0.4, -0.2) is 31.0 Å². The first-order chi connectivity index (χ1) is 8.59. The molecule has 0 atom stereocenters. The van der Waals surface area contributed by atoms with E-state index >= 15 is 0 Å². The quantitative estimate of drug-likeness (QED) is 0.352. The fourth-order valence-corrected chi connectivity index (χ4v) is 3.00. The number of fused-ring (bicyclic) bond motifs is 1. The van der Waals surface area contributed by atoms with Crippen LogP contribution in [0.4, 0.5) is 0 Å². The zero-order chi connectivity index (χ0) is 14.4. The molecule has 0 radical (unpaired) electrons. The first-order valence-electron chi connectivity index (χ1n) is 4.81. The fourth-order valence-electron chi connectivity index (χ4n) is 1.65. The van der Waals surface area contributed by atoms with Crippen molar-refractivity contribution in [3.05, 3.63) is 30.3 Å². The van der Waals surface area contributed by atoms with Crippen molar-refractivity contribution in [2.24, 2.45) is 0 Å². The minimum Gasteiger partial charge on any atom is -0.508 e. The minimum absolute atomic E-state index is 0. The second kappa shape index (κ2) is 9.14. The Labute approximate surface area is 193 Å². The molecule has 0 bridgehead atoms. The van der Waals surface area contributed by atoms with Gasteiger partial charge in [-0.25, -0.2) is 0 Å². The summed E-state index contributed by atoms with van der Waals surface area (Å²) in [5.41, 5.74) is 0. The molecule has 0 aliphatic rings. The summed E-state index contributed by atoms with van der Waals surface area (Å²) in [5.74, 6) is -0.253. The topological polar surface area (TPSA) is 129 Å². The average molecular weight is 373 g/mol. The summed E-state index contributed by atoms with van der Waals surface area (Å²) in [5, 5.41) is 9.37. The third-order valence-corrected chi connectivity index (χ3v) is 4.17. The predicted octanol–water partition coefficient (Wildman–Crippen LogP) is -7.95. The molecule has 0 saturated heterocycles. The van der Waals surface area contributed by atoms with Crippen molar-refractivity contribution in [2.45, 2.75) is 9.79 Å². The SMILES string of the molecule is O=S(=O)(O)c1cc(S(=O)(=O)O)c2cc(O)ccc2c1.[Na+].[Na+].[Na+]. The molecule has 22 heavy (non-hydrogen) atoms. The number of phenolic OH excluding ortho intramolecular Hbond substituents is 1. The van der Waals surface area contributed by atoms with Crippen LogP contribution in [0.25, 0.3) is 10.8 Å². The Morgan fingerprint density at radius 2 is 1.32 bits per heavy atom.